The summed E-state index contributed by atoms with van der Waals surface area (Å²) in [6, 6.07) is 7.17. The number of fused-ring (bicyclic) bond motifs is 1. The summed E-state index contributed by atoms with van der Waals surface area (Å²) in [5.74, 6) is -1.35. The number of anilines is 1. The van der Waals surface area contributed by atoms with Gasteiger partial charge < -0.3 is 10.0 Å². The molecule has 108 valence electrons. The second kappa shape index (κ2) is 5.01. The molecule has 21 heavy (non-hydrogen) atoms. The molecule has 2 heterocycles. The van der Waals surface area contributed by atoms with Gasteiger partial charge in [-0.2, -0.15) is 0 Å². The number of carboxylic acid groups (broad SMARTS) is 1. The quantitative estimate of drug-likeness (QED) is 0.685. The largest absolute Gasteiger partial charge is 0.481 e. The number of pyridine rings is 1. The van der Waals surface area contributed by atoms with Crippen molar-refractivity contribution in [2.24, 2.45) is 5.92 Å². The van der Waals surface area contributed by atoms with Crippen LogP contribution in [-0.2, 0) is 4.79 Å². The van der Waals surface area contributed by atoms with Gasteiger partial charge in [0.25, 0.3) is 0 Å². The summed E-state index contributed by atoms with van der Waals surface area (Å²) in [5.41, 5.74) is 1.05. The van der Waals surface area contributed by atoms with Crippen molar-refractivity contribution in [2.75, 3.05) is 18.0 Å². The normalized spacial score (nSPS) is 18.1. The Morgan fingerprint density at radius 1 is 1.43 bits per heavy atom. The van der Waals surface area contributed by atoms with Crippen molar-refractivity contribution in [1.82, 2.24) is 4.98 Å². The Balaban J connectivity index is 2.13. The van der Waals surface area contributed by atoms with Crippen molar-refractivity contribution in [1.29, 1.82) is 0 Å². The molecular formula is C14H13N3O4. The fourth-order valence-corrected chi connectivity index (χ4v) is 2.75. The number of hydrogen-bond donors (Lipinski definition) is 1. The van der Waals surface area contributed by atoms with Gasteiger partial charge in [-0.15, -0.1) is 0 Å². The third-order valence-corrected chi connectivity index (χ3v) is 3.78. The van der Waals surface area contributed by atoms with E-state index in [1.165, 1.54) is 6.20 Å². The molecule has 2 aromatic rings. The lowest BCUT2D eigenvalue weighted by atomic mass is 10.1. The number of carbonyl (C=O) groups is 1. The maximum absolute atomic E-state index is 11.3. The lowest BCUT2D eigenvalue weighted by molar-refractivity contribution is -0.384. The van der Waals surface area contributed by atoms with Crippen molar-refractivity contribution in [3.63, 3.8) is 0 Å². The van der Waals surface area contributed by atoms with Gasteiger partial charge in [0.2, 0.25) is 0 Å². The molecular weight excluding hydrogens is 274 g/mol. The number of hydrogen-bond acceptors (Lipinski definition) is 5. The molecule has 0 aliphatic carbocycles. The lowest BCUT2D eigenvalue weighted by Crippen LogP contribution is -2.23. The summed E-state index contributed by atoms with van der Waals surface area (Å²) in [6.45, 7) is 0.774. The molecule has 1 aliphatic heterocycles. The number of carboxylic acids is 1. The van der Waals surface area contributed by atoms with Crippen LogP contribution in [0.1, 0.15) is 6.42 Å². The minimum atomic E-state index is -0.862. The van der Waals surface area contributed by atoms with Crippen LogP contribution in [0.2, 0.25) is 0 Å². The molecule has 1 saturated heterocycles. The molecule has 7 heteroatoms. The van der Waals surface area contributed by atoms with Gasteiger partial charge in [-0.1, -0.05) is 18.2 Å². The number of aliphatic carboxylic acids is 1. The van der Waals surface area contributed by atoms with Gasteiger partial charge in [-0.05, 0) is 12.5 Å². The van der Waals surface area contributed by atoms with E-state index in [9.17, 15) is 14.9 Å². The average Bonchev–Trinajstić information content (AvgIpc) is 2.95. The van der Waals surface area contributed by atoms with Gasteiger partial charge in [0, 0.05) is 18.5 Å². The van der Waals surface area contributed by atoms with E-state index in [-0.39, 0.29) is 12.2 Å². The van der Waals surface area contributed by atoms with Crippen LogP contribution in [-0.4, -0.2) is 34.1 Å². The SMILES string of the molecule is O=C(O)C1CCN(c2c([N+](=O)[O-])cnc3ccccc23)C1. The highest BCUT2D eigenvalue weighted by molar-refractivity contribution is 5.96. The highest BCUT2D eigenvalue weighted by Gasteiger charge is 2.32. The van der Waals surface area contributed by atoms with Crippen LogP contribution in [0, 0.1) is 16.0 Å². The predicted molar refractivity (Wildman–Crippen MR) is 76.4 cm³/mol. The first kappa shape index (κ1) is 13.3. The van der Waals surface area contributed by atoms with E-state index in [0.29, 0.717) is 29.6 Å². The molecule has 1 atom stereocenters. The van der Waals surface area contributed by atoms with Crippen molar-refractivity contribution in [3.05, 3.63) is 40.6 Å². The molecule has 0 bridgehead atoms. The molecule has 1 fully saturated rings. The van der Waals surface area contributed by atoms with Crippen molar-refractivity contribution < 1.29 is 14.8 Å². The zero-order valence-electron chi connectivity index (χ0n) is 11.1. The predicted octanol–water partition coefficient (Wildman–Crippen LogP) is 2.05. The Morgan fingerprint density at radius 3 is 2.86 bits per heavy atom. The maximum Gasteiger partial charge on any atom is 0.311 e. The number of nitrogens with zero attached hydrogens (tertiary/aromatic N) is 3. The standard InChI is InChI=1S/C14H13N3O4/c18-14(19)9-5-6-16(8-9)13-10-3-1-2-4-11(10)15-7-12(13)17(20)21/h1-4,7,9H,5-6,8H2,(H,18,19). The zero-order chi connectivity index (χ0) is 15.0. The summed E-state index contributed by atoms with van der Waals surface area (Å²) < 4.78 is 0. The maximum atomic E-state index is 11.3. The monoisotopic (exact) mass is 287 g/mol. The molecule has 1 aromatic heterocycles. The van der Waals surface area contributed by atoms with Gasteiger partial charge in [-0.3, -0.25) is 14.9 Å². The van der Waals surface area contributed by atoms with Crippen molar-refractivity contribution in [2.45, 2.75) is 6.42 Å². The van der Waals surface area contributed by atoms with E-state index in [2.05, 4.69) is 4.98 Å². The second-order valence-electron chi connectivity index (χ2n) is 5.04. The lowest BCUT2D eigenvalue weighted by Gasteiger charge is -2.19. The number of nitro groups is 1. The van der Waals surface area contributed by atoms with Crippen LogP contribution in [0.25, 0.3) is 10.9 Å². The number of rotatable bonds is 3. The summed E-state index contributed by atoms with van der Waals surface area (Å²) in [4.78, 5) is 27.8. The molecule has 0 saturated carbocycles. The molecule has 0 amide bonds. The Hall–Kier alpha value is -2.70. The third-order valence-electron chi connectivity index (χ3n) is 3.78. The van der Waals surface area contributed by atoms with Crippen LogP contribution < -0.4 is 4.90 Å². The van der Waals surface area contributed by atoms with Crippen molar-refractivity contribution in [3.8, 4) is 0 Å². The smallest absolute Gasteiger partial charge is 0.311 e. The van der Waals surface area contributed by atoms with E-state index >= 15 is 0 Å². The Bertz CT molecular complexity index is 731. The fourth-order valence-electron chi connectivity index (χ4n) is 2.75. The van der Waals surface area contributed by atoms with E-state index in [1.807, 2.05) is 6.07 Å². The van der Waals surface area contributed by atoms with Crippen LogP contribution in [0.15, 0.2) is 30.5 Å². The Labute approximate surface area is 120 Å². The van der Waals surface area contributed by atoms with Gasteiger partial charge in [0.1, 0.15) is 11.9 Å². The van der Waals surface area contributed by atoms with E-state index in [0.717, 1.165) is 0 Å². The third kappa shape index (κ3) is 2.26. The fraction of sp³-hybridized carbons (Fsp3) is 0.286. The van der Waals surface area contributed by atoms with Gasteiger partial charge in [0.05, 0.1) is 16.4 Å². The minimum Gasteiger partial charge on any atom is -0.481 e. The van der Waals surface area contributed by atoms with E-state index in [1.54, 1.807) is 23.1 Å². The van der Waals surface area contributed by atoms with E-state index < -0.39 is 16.8 Å². The van der Waals surface area contributed by atoms with E-state index in [4.69, 9.17) is 5.11 Å². The molecule has 7 nitrogen and oxygen atoms in total. The Morgan fingerprint density at radius 2 is 2.19 bits per heavy atom. The first-order valence-electron chi connectivity index (χ1n) is 6.58. The number of para-hydroxylation sites is 1. The summed E-state index contributed by atoms with van der Waals surface area (Å²) >= 11 is 0. The topological polar surface area (TPSA) is 96.6 Å². The van der Waals surface area contributed by atoms with Crippen LogP contribution in [0.5, 0.6) is 0 Å². The summed E-state index contributed by atoms with van der Waals surface area (Å²) in [7, 11) is 0. The zero-order valence-corrected chi connectivity index (χ0v) is 11.1. The van der Waals surface area contributed by atoms with Crippen LogP contribution in [0.3, 0.4) is 0 Å². The summed E-state index contributed by atoms with van der Waals surface area (Å²) in [6.07, 6.45) is 1.73. The summed E-state index contributed by atoms with van der Waals surface area (Å²) in [5, 5.41) is 21.0. The highest BCUT2D eigenvalue weighted by atomic mass is 16.6. The molecule has 1 aromatic carbocycles. The number of aromatic nitrogens is 1. The average molecular weight is 287 g/mol. The first-order chi connectivity index (χ1) is 10.1. The molecule has 1 unspecified atom stereocenters. The van der Waals surface area contributed by atoms with Gasteiger partial charge >= 0.3 is 11.7 Å². The molecule has 0 spiro atoms. The second-order valence-corrected chi connectivity index (χ2v) is 5.04. The first-order valence-corrected chi connectivity index (χ1v) is 6.58. The van der Waals surface area contributed by atoms with Gasteiger partial charge in [0.15, 0.2) is 0 Å². The highest BCUT2D eigenvalue weighted by Crippen LogP contribution is 2.37. The van der Waals surface area contributed by atoms with Gasteiger partial charge in [-0.25, -0.2) is 4.98 Å². The van der Waals surface area contributed by atoms with Crippen LogP contribution >= 0.6 is 0 Å². The van der Waals surface area contributed by atoms with Crippen molar-refractivity contribution >= 4 is 28.2 Å². The Kier molecular flexibility index (Phi) is 3.17. The minimum absolute atomic E-state index is 0.0836. The van der Waals surface area contributed by atoms with Crippen LogP contribution in [0.4, 0.5) is 11.4 Å². The molecule has 1 N–H and O–H groups in total. The molecule has 0 radical (unpaired) electrons. The molecule has 3 rings (SSSR count). The molecule has 1 aliphatic rings. The number of benzene rings is 1.